The number of nitrogen functional groups attached to an aromatic ring is 1. The van der Waals surface area contributed by atoms with Crippen LogP contribution in [0.5, 0.6) is 0 Å². The molecular formula is C5H7N3O. The maximum Gasteiger partial charge on any atom is 0.255 e. The topological polar surface area (TPSA) is 60.9 Å². The number of nitrogens with zero attached hydrogens (tertiary/aromatic N) is 2. The van der Waals surface area contributed by atoms with Crippen molar-refractivity contribution in [3.05, 3.63) is 22.7 Å². The summed E-state index contributed by atoms with van der Waals surface area (Å²) in [6.45, 7) is 0. The Balaban J connectivity index is 3.34. The predicted octanol–water partition coefficient (Wildman–Crippen LogP) is -0.638. The van der Waals surface area contributed by atoms with Crippen LogP contribution in [0.2, 0.25) is 0 Å². The summed E-state index contributed by atoms with van der Waals surface area (Å²) < 4.78 is 1.36. The van der Waals surface area contributed by atoms with Crippen LogP contribution in [-0.4, -0.2) is 9.55 Å². The lowest BCUT2D eigenvalue weighted by Gasteiger charge is -1.93. The molecule has 0 bridgehead atoms. The van der Waals surface area contributed by atoms with Crippen molar-refractivity contribution in [3.8, 4) is 0 Å². The molecule has 0 amide bonds. The number of nitrogens with two attached hydrogens (primary N) is 1. The molecule has 0 aliphatic heterocycles. The highest BCUT2D eigenvalue weighted by atomic mass is 16.1. The lowest BCUT2D eigenvalue weighted by atomic mass is 10.6. The summed E-state index contributed by atoms with van der Waals surface area (Å²) in [5.74, 6) is 0.262. The number of hydrogen-bond acceptors (Lipinski definition) is 3. The van der Waals surface area contributed by atoms with Crippen molar-refractivity contribution >= 4 is 5.82 Å². The maximum atomic E-state index is 10.7. The second-order valence-electron chi connectivity index (χ2n) is 1.76. The predicted molar refractivity (Wildman–Crippen MR) is 33.9 cm³/mol. The van der Waals surface area contributed by atoms with Crippen LogP contribution in [0.25, 0.3) is 0 Å². The Morgan fingerprint density at radius 1 is 1.78 bits per heavy atom. The molecule has 2 N–H and O–H groups in total. The van der Waals surface area contributed by atoms with Crippen molar-refractivity contribution in [2.45, 2.75) is 0 Å². The van der Waals surface area contributed by atoms with Gasteiger partial charge in [0.15, 0.2) is 0 Å². The van der Waals surface area contributed by atoms with Crippen LogP contribution in [0.4, 0.5) is 5.82 Å². The van der Waals surface area contributed by atoms with Gasteiger partial charge < -0.3 is 10.3 Å². The molecule has 0 aromatic carbocycles. The summed E-state index contributed by atoms with van der Waals surface area (Å²) in [6.07, 6.45) is 1.39. The minimum absolute atomic E-state index is 0.137. The highest BCUT2D eigenvalue weighted by Crippen LogP contribution is 1.83. The lowest BCUT2D eigenvalue weighted by molar-refractivity contribution is 0.827. The SMILES string of the molecule is Cn1cnc(N)cc1=O. The summed E-state index contributed by atoms with van der Waals surface area (Å²) in [5.41, 5.74) is 5.07. The first kappa shape index (κ1) is 5.81. The van der Waals surface area contributed by atoms with E-state index in [2.05, 4.69) is 4.98 Å². The molecule has 9 heavy (non-hydrogen) atoms. The van der Waals surface area contributed by atoms with Gasteiger partial charge in [0, 0.05) is 13.1 Å². The standard InChI is InChI=1S/C5H7N3O/c1-8-3-7-4(6)2-5(8)9/h2-3H,6H2,1H3. The second kappa shape index (κ2) is 1.89. The zero-order valence-electron chi connectivity index (χ0n) is 5.03. The first-order valence-electron chi connectivity index (χ1n) is 2.48. The van der Waals surface area contributed by atoms with Gasteiger partial charge in [-0.3, -0.25) is 4.79 Å². The highest BCUT2D eigenvalue weighted by Gasteiger charge is 1.88. The molecule has 1 aromatic heterocycles. The van der Waals surface area contributed by atoms with Gasteiger partial charge in [0.1, 0.15) is 5.82 Å². The molecule has 48 valence electrons. The average molecular weight is 125 g/mol. The van der Waals surface area contributed by atoms with E-state index >= 15 is 0 Å². The van der Waals surface area contributed by atoms with E-state index in [0.717, 1.165) is 0 Å². The van der Waals surface area contributed by atoms with Gasteiger partial charge in [0.05, 0.1) is 6.33 Å². The van der Waals surface area contributed by atoms with Crippen LogP contribution < -0.4 is 11.3 Å². The normalized spacial score (nSPS) is 9.44. The third-order valence-electron chi connectivity index (χ3n) is 0.999. The Hall–Kier alpha value is -1.32. The van der Waals surface area contributed by atoms with Crippen molar-refractivity contribution in [2.75, 3.05) is 5.73 Å². The van der Waals surface area contributed by atoms with Crippen LogP contribution in [0.15, 0.2) is 17.2 Å². The molecule has 1 aromatic rings. The van der Waals surface area contributed by atoms with E-state index in [9.17, 15) is 4.79 Å². The maximum absolute atomic E-state index is 10.7. The first-order valence-corrected chi connectivity index (χ1v) is 2.48. The number of hydrogen-bond donors (Lipinski definition) is 1. The minimum Gasteiger partial charge on any atom is -0.383 e. The Labute approximate surface area is 51.9 Å². The molecule has 0 saturated carbocycles. The summed E-state index contributed by atoms with van der Waals surface area (Å²) in [6, 6.07) is 1.28. The monoisotopic (exact) mass is 125 g/mol. The molecule has 4 heteroatoms. The molecule has 0 saturated heterocycles. The fourth-order valence-corrected chi connectivity index (χ4v) is 0.476. The van der Waals surface area contributed by atoms with Gasteiger partial charge in [0.25, 0.3) is 5.56 Å². The average Bonchev–Trinajstić information content (AvgIpc) is 1.80. The summed E-state index contributed by atoms with van der Waals surface area (Å²) in [5, 5.41) is 0. The van der Waals surface area contributed by atoms with Crippen molar-refractivity contribution in [2.24, 2.45) is 7.05 Å². The zero-order chi connectivity index (χ0) is 6.85. The summed E-state index contributed by atoms with van der Waals surface area (Å²) in [4.78, 5) is 14.4. The van der Waals surface area contributed by atoms with E-state index in [1.807, 2.05) is 0 Å². The quantitative estimate of drug-likeness (QED) is 0.501. The minimum atomic E-state index is -0.137. The Morgan fingerprint density at radius 2 is 2.44 bits per heavy atom. The van der Waals surface area contributed by atoms with Crippen molar-refractivity contribution in [1.29, 1.82) is 0 Å². The van der Waals surface area contributed by atoms with Gasteiger partial charge in [-0.15, -0.1) is 0 Å². The van der Waals surface area contributed by atoms with Crippen molar-refractivity contribution in [3.63, 3.8) is 0 Å². The van der Waals surface area contributed by atoms with E-state index < -0.39 is 0 Å². The third-order valence-corrected chi connectivity index (χ3v) is 0.999. The highest BCUT2D eigenvalue weighted by molar-refractivity contribution is 5.23. The van der Waals surface area contributed by atoms with E-state index in [4.69, 9.17) is 5.73 Å². The van der Waals surface area contributed by atoms with Crippen molar-refractivity contribution in [1.82, 2.24) is 9.55 Å². The van der Waals surface area contributed by atoms with Gasteiger partial charge in [-0.25, -0.2) is 4.98 Å². The van der Waals surface area contributed by atoms with Crippen LogP contribution in [0.3, 0.4) is 0 Å². The van der Waals surface area contributed by atoms with E-state index in [1.165, 1.54) is 17.0 Å². The van der Waals surface area contributed by atoms with Gasteiger partial charge in [0.2, 0.25) is 0 Å². The second-order valence-corrected chi connectivity index (χ2v) is 1.76. The Bertz CT molecular complexity index is 265. The van der Waals surface area contributed by atoms with E-state index in [-0.39, 0.29) is 11.4 Å². The zero-order valence-corrected chi connectivity index (χ0v) is 5.03. The van der Waals surface area contributed by atoms with Gasteiger partial charge in [-0.1, -0.05) is 0 Å². The molecule has 0 aliphatic rings. The number of aromatic nitrogens is 2. The van der Waals surface area contributed by atoms with E-state index in [1.54, 1.807) is 7.05 Å². The van der Waals surface area contributed by atoms with Crippen molar-refractivity contribution < 1.29 is 0 Å². The molecule has 0 radical (unpaired) electrons. The molecule has 0 spiro atoms. The fraction of sp³-hybridized carbons (Fsp3) is 0.200. The first-order chi connectivity index (χ1) is 4.20. The van der Waals surface area contributed by atoms with Crippen LogP contribution in [-0.2, 0) is 7.05 Å². The molecule has 1 rings (SSSR count). The van der Waals surface area contributed by atoms with Crippen LogP contribution >= 0.6 is 0 Å². The summed E-state index contributed by atoms with van der Waals surface area (Å²) >= 11 is 0. The largest absolute Gasteiger partial charge is 0.383 e. The Morgan fingerprint density at radius 3 is 2.89 bits per heavy atom. The van der Waals surface area contributed by atoms with Crippen LogP contribution in [0, 0.1) is 0 Å². The van der Waals surface area contributed by atoms with Gasteiger partial charge >= 0.3 is 0 Å². The fourth-order valence-electron chi connectivity index (χ4n) is 0.476. The molecule has 4 nitrogen and oxygen atoms in total. The number of anilines is 1. The molecule has 0 atom stereocenters. The lowest BCUT2D eigenvalue weighted by Crippen LogP contribution is -2.16. The molecule has 1 heterocycles. The van der Waals surface area contributed by atoms with Gasteiger partial charge in [-0.2, -0.15) is 0 Å². The van der Waals surface area contributed by atoms with Crippen LogP contribution in [0.1, 0.15) is 0 Å². The van der Waals surface area contributed by atoms with Gasteiger partial charge in [-0.05, 0) is 0 Å². The molecule has 0 unspecified atom stereocenters. The Kier molecular flexibility index (Phi) is 1.22. The molecular weight excluding hydrogens is 118 g/mol. The number of rotatable bonds is 0. The molecule has 0 fully saturated rings. The number of aryl methyl sites for hydroxylation is 1. The molecule has 0 aliphatic carbocycles. The third kappa shape index (κ3) is 1.07. The van der Waals surface area contributed by atoms with E-state index in [0.29, 0.717) is 0 Å². The summed E-state index contributed by atoms with van der Waals surface area (Å²) in [7, 11) is 1.62. The smallest absolute Gasteiger partial charge is 0.255 e.